The van der Waals surface area contributed by atoms with Gasteiger partial charge in [-0.1, -0.05) is 0 Å². The zero-order valence-electron chi connectivity index (χ0n) is 24.1. The Morgan fingerprint density at radius 3 is 2.02 bits per heavy atom. The average molecular weight is 664 g/mol. The first-order valence-corrected chi connectivity index (χ1v) is 14.6. The van der Waals surface area contributed by atoms with Crippen LogP contribution in [0.5, 0.6) is 0 Å². The van der Waals surface area contributed by atoms with Gasteiger partial charge in [-0.25, -0.2) is 29.9 Å². The van der Waals surface area contributed by atoms with Gasteiger partial charge in [0.05, 0.1) is 34.6 Å². The van der Waals surface area contributed by atoms with Crippen LogP contribution in [-0.4, -0.2) is 57.1 Å². The van der Waals surface area contributed by atoms with Gasteiger partial charge < -0.3 is 31.2 Å². The van der Waals surface area contributed by atoms with Crippen LogP contribution in [0.2, 0.25) is 0 Å². The Labute approximate surface area is 266 Å². The van der Waals surface area contributed by atoms with Crippen LogP contribution >= 0.6 is 11.3 Å². The van der Waals surface area contributed by atoms with Crippen molar-refractivity contribution in [2.24, 2.45) is 4.99 Å². The number of amides is 2. The number of nitrogens with zero attached hydrogens (tertiary/aromatic N) is 9. The molecule has 0 fully saturated rings. The summed E-state index contributed by atoms with van der Waals surface area (Å²) in [4.78, 5) is 54.1. The Morgan fingerprint density at radius 2 is 1.43 bits per heavy atom. The van der Waals surface area contributed by atoms with Crippen molar-refractivity contribution in [1.82, 2.24) is 39.0 Å². The summed E-state index contributed by atoms with van der Waals surface area (Å²) in [7, 11) is 0. The van der Waals surface area contributed by atoms with Gasteiger partial charge in [0.2, 0.25) is 11.8 Å². The molecule has 5 aromatic heterocycles. The minimum atomic E-state index is -4.76. The van der Waals surface area contributed by atoms with Gasteiger partial charge in [-0.15, -0.1) is 11.3 Å². The van der Waals surface area contributed by atoms with Crippen molar-refractivity contribution in [1.29, 1.82) is 0 Å². The summed E-state index contributed by atoms with van der Waals surface area (Å²) in [6.45, 7) is 0.418. The second-order valence-corrected chi connectivity index (χ2v) is 11.1. The molecule has 0 radical (unpaired) electrons. The Bertz CT molecular complexity index is 2140. The SMILES string of the molecule is Nc1ncnc2c1ncn2CCC(=O)Nc1ccc(C=Nc2ccc(NC(=O)CCn3cnc4c(N)ncnc43)c(C(F)(F)F)c2)s1. The number of halogens is 3. The van der Waals surface area contributed by atoms with Crippen molar-refractivity contribution in [2.75, 3.05) is 22.1 Å². The zero-order valence-corrected chi connectivity index (χ0v) is 25.0. The number of nitrogens with one attached hydrogen (secondary N) is 2. The van der Waals surface area contributed by atoms with Crippen molar-refractivity contribution in [3.8, 4) is 0 Å². The van der Waals surface area contributed by atoms with E-state index in [0.717, 1.165) is 12.1 Å². The lowest BCUT2D eigenvalue weighted by molar-refractivity contribution is -0.137. The number of carbonyl (C=O) groups excluding carboxylic acids is 2. The number of carbonyl (C=O) groups is 2. The molecular weight excluding hydrogens is 639 g/mol. The molecule has 19 heteroatoms. The molecule has 6 aromatic rings. The number of nitrogen functional groups attached to an aromatic ring is 2. The molecule has 6 N–H and O–H groups in total. The van der Waals surface area contributed by atoms with E-state index in [1.54, 1.807) is 21.3 Å². The van der Waals surface area contributed by atoms with Crippen molar-refractivity contribution in [3.63, 3.8) is 0 Å². The molecule has 0 unspecified atom stereocenters. The van der Waals surface area contributed by atoms with Crippen LogP contribution in [0, 0.1) is 0 Å². The monoisotopic (exact) mass is 663 g/mol. The Hall–Kier alpha value is -5.98. The summed E-state index contributed by atoms with van der Waals surface area (Å²) in [5, 5.41) is 5.66. The summed E-state index contributed by atoms with van der Waals surface area (Å²) in [6.07, 6.45) is 2.16. The van der Waals surface area contributed by atoms with E-state index in [1.165, 1.54) is 48.9 Å². The van der Waals surface area contributed by atoms with E-state index in [0.29, 0.717) is 38.8 Å². The summed E-state index contributed by atoms with van der Waals surface area (Å²) in [5.74, 6) is -0.473. The van der Waals surface area contributed by atoms with Gasteiger partial charge in [-0.05, 0) is 30.3 Å². The summed E-state index contributed by atoms with van der Waals surface area (Å²) in [5.41, 5.74) is 11.9. The number of alkyl halides is 3. The number of hydrogen-bond acceptors (Lipinski definition) is 12. The molecule has 0 saturated carbocycles. The largest absolute Gasteiger partial charge is 0.418 e. The molecule has 0 spiro atoms. The lowest BCUT2D eigenvalue weighted by Crippen LogP contribution is -2.18. The fraction of sp³-hybridized carbons (Fsp3) is 0.179. The maximum Gasteiger partial charge on any atom is 0.418 e. The van der Waals surface area contributed by atoms with Crippen LogP contribution in [0.3, 0.4) is 0 Å². The Kier molecular flexibility index (Phi) is 8.44. The van der Waals surface area contributed by atoms with Crippen LogP contribution < -0.4 is 22.1 Å². The normalized spacial score (nSPS) is 11.9. The number of rotatable bonds is 10. The smallest absolute Gasteiger partial charge is 0.382 e. The molecule has 6 rings (SSSR count). The van der Waals surface area contributed by atoms with Crippen LogP contribution in [-0.2, 0) is 28.9 Å². The van der Waals surface area contributed by atoms with Crippen LogP contribution in [0.1, 0.15) is 23.3 Å². The quantitative estimate of drug-likeness (QED) is 0.155. The number of thiophene rings is 1. The maximum atomic E-state index is 13.9. The molecule has 15 nitrogen and oxygen atoms in total. The van der Waals surface area contributed by atoms with Crippen molar-refractivity contribution in [3.05, 3.63) is 66.1 Å². The molecule has 47 heavy (non-hydrogen) atoms. The van der Waals surface area contributed by atoms with Crippen LogP contribution in [0.4, 0.5) is 41.2 Å². The van der Waals surface area contributed by atoms with E-state index in [2.05, 4.69) is 45.5 Å². The number of imidazole rings is 2. The van der Waals surface area contributed by atoms with E-state index < -0.39 is 23.3 Å². The van der Waals surface area contributed by atoms with Gasteiger partial charge in [0.25, 0.3) is 0 Å². The second-order valence-electron chi connectivity index (χ2n) is 10.0. The maximum absolute atomic E-state index is 13.9. The molecule has 240 valence electrons. The number of fused-ring (bicyclic) bond motifs is 2. The highest BCUT2D eigenvalue weighted by atomic mass is 32.1. The third-order valence-corrected chi connectivity index (χ3v) is 7.77. The fourth-order valence-corrected chi connectivity index (χ4v) is 5.36. The first-order valence-electron chi connectivity index (χ1n) is 13.8. The van der Waals surface area contributed by atoms with E-state index >= 15 is 0 Å². The second kappa shape index (κ2) is 12.8. The van der Waals surface area contributed by atoms with E-state index in [-0.39, 0.29) is 42.6 Å². The predicted molar refractivity (Wildman–Crippen MR) is 169 cm³/mol. The molecule has 5 heterocycles. The third kappa shape index (κ3) is 6.98. The van der Waals surface area contributed by atoms with Crippen LogP contribution in [0.25, 0.3) is 22.3 Å². The number of aliphatic imine (C=N–C) groups is 1. The standard InChI is InChI=1S/C28H24F3N13O2S/c29-28(30,31)17-9-15(1-3-18(17)41-19(45)5-7-43-13-39-22-24(32)35-11-37-26(22)43)34-10-16-2-4-21(47-16)42-20(46)6-8-44-14-40-23-25(33)36-12-38-27(23)44/h1-4,9-14H,5-8H2,(H,41,45)(H,42,46)(H2,32,35,37)(H2,33,36,38). The third-order valence-electron chi connectivity index (χ3n) is 6.83. The molecule has 0 atom stereocenters. The molecule has 0 aliphatic heterocycles. The Balaban J connectivity index is 1.06. The highest BCUT2D eigenvalue weighted by molar-refractivity contribution is 7.17. The van der Waals surface area contributed by atoms with E-state index in [1.807, 2.05) is 0 Å². The highest BCUT2D eigenvalue weighted by Gasteiger charge is 2.34. The number of nitrogens with two attached hydrogens (primary N) is 2. The van der Waals surface area contributed by atoms with Gasteiger partial charge >= 0.3 is 6.18 Å². The van der Waals surface area contributed by atoms with Gasteiger partial charge in [0.1, 0.15) is 23.7 Å². The lowest BCUT2D eigenvalue weighted by atomic mass is 10.1. The highest BCUT2D eigenvalue weighted by Crippen LogP contribution is 2.37. The Morgan fingerprint density at radius 1 is 0.830 bits per heavy atom. The average Bonchev–Trinajstić information content (AvgIpc) is 3.78. The fourth-order valence-electron chi connectivity index (χ4n) is 4.57. The first-order chi connectivity index (χ1) is 22.5. The molecular formula is C28H24F3N13O2S. The predicted octanol–water partition coefficient (Wildman–Crippen LogP) is 4.02. The van der Waals surface area contributed by atoms with Gasteiger partial charge in [-0.3, -0.25) is 14.6 Å². The number of hydrogen-bond donors (Lipinski definition) is 4. The molecule has 0 saturated heterocycles. The minimum Gasteiger partial charge on any atom is -0.382 e. The lowest BCUT2D eigenvalue weighted by Gasteiger charge is -2.14. The number of aromatic nitrogens is 8. The van der Waals surface area contributed by atoms with E-state index in [9.17, 15) is 22.8 Å². The first kappa shape index (κ1) is 31.0. The van der Waals surface area contributed by atoms with Crippen LogP contribution in [0.15, 0.2) is 60.6 Å². The van der Waals surface area contributed by atoms with Crippen molar-refractivity contribution >= 4 is 79.7 Å². The van der Waals surface area contributed by atoms with Crippen molar-refractivity contribution in [2.45, 2.75) is 32.1 Å². The number of benzene rings is 1. The summed E-state index contributed by atoms with van der Waals surface area (Å²) < 4.78 is 45.1. The summed E-state index contributed by atoms with van der Waals surface area (Å²) in [6, 6.07) is 6.70. The van der Waals surface area contributed by atoms with Crippen molar-refractivity contribution < 1.29 is 22.8 Å². The number of aryl methyl sites for hydroxylation is 2. The molecule has 1 aromatic carbocycles. The van der Waals surface area contributed by atoms with Gasteiger partial charge in [0.15, 0.2) is 22.9 Å². The molecule has 2 amide bonds. The minimum absolute atomic E-state index is 0.0217. The summed E-state index contributed by atoms with van der Waals surface area (Å²) >= 11 is 1.20. The topological polar surface area (TPSA) is 210 Å². The molecule has 0 bridgehead atoms. The molecule has 0 aliphatic rings. The zero-order chi connectivity index (χ0) is 33.1. The van der Waals surface area contributed by atoms with Gasteiger partial charge in [-0.2, -0.15) is 13.2 Å². The molecule has 0 aliphatic carbocycles. The number of anilines is 4. The van der Waals surface area contributed by atoms with Gasteiger partial charge in [0, 0.05) is 37.0 Å². The van der Waals surface area contributed by atoms with E-state index in [4.69, 9.17) is 11.5 Å².